The van der Waals surface area contributed by atoms with Gasteiger partial charge in [-0.15, -0.1) is 0 Å². The van der Waals surface area contributed by atoms with Crippen molar-refractivity contribution in [1.29, 1.82) is 0 Å². The monoisotopic (exact) mass is 397 g/mol. The smallest absolute Gasteiger partial charge is 0.238 e. The maximum atomic E-state index is 14.0. The number of benzene rings is 2. The third-order valence-corrected chi connectivity index (χ3v) is 5.30. The highest BCUT2D eigenvalue weighted by molar-refractivity contribution is 5.93. The molecule has 0 unspecified atom stereocenters. The van der Waals surface area contributed by atoms with E-state index < -0.39 is 0 Å². The molecule has 1 N–H and O–H groups in total. The van der Waals surface area contributed by atoms with Gasteiger partial charge in [0.1, 0.15) is 5.82 Å². The minimum absolute atomic E-state index is 0.0854. The molecule has 0 aliphatic heterocycles. The van der Waals surface area contributed by atoms with Gasteiger partial charge >= 0.3 is 0 Å². The van der Waals surface area contributed by atoms with Gasteiger partial charge < -0.3 is 10.2 Å². The Balaban J connectivity index is 1.56. The highest BCUT2D eigenvalue weighted by Crippen LogP contribution is 2.29. The van der Waals surface area contributed by atoms with Crippen LogP contribution < -0.4 is 5.32 Å². The van der Waals surface area contributed by atoms with Crippen LogP contribution in [0.4, 0.5) is 10.1 Å². The van der Waals surface area contributed by atoms with Crippen LogP contribution in [0, 0.1) is 19.7 Å². The van der Waals surface area contributed by atoms with Gasteiger partial charge in [-0.1, -0.05) is 30.3 Å². The van der Waals surface area contributed by atoms with Crippen molar-refractivity contribution in [2.24, 2.45) is 0 Å². The van der Waals surface area contributed by atoms with Gasteiger partial charge in [-0.2, -0.15) is 0 Å². The Hall–Kier alpha value is -2.73. The molecule has 154 valence electrons. The molecule has 0 spiro atoms. The van der Waals surface area contributed by atoms with Crippen LogP contribution in [0.2, 0.25) is 0 Å². The van der Waals surface area contributed by atoms with Gasteiger partial charge in [-0.05, 0) is 57.0 Å². The zero-order chi connectivity index (χ0) is 21.0. The molecular weight excluding hydrogens is 369 g/mol. The largest absolute Gasteiger partial charge is 0.334 e. The second-order valence-electron chi connectivity index (χ2n) is 7.81. The first-order valence-corrected chi connectivity index (χ1v) is 9.92. The number of anilines is 1. The standard InChI is InChI=1S/C23H28FN3O2/c1-16-7-6-10-21(17(16)2)25-22(28)14-26(3)15-23(29)27(19-11-12-19)13-18-8-4-5-9-20(18)24/h4-10,19H,11-15H2,1-3H3,(H,25,28). The molecule has 2 aromatic rings. The lowest BCUT2D eigenvalue weighted by Crippen LogP contribution is -2.42. The van der Waals surface area contributed by atoms with E-state index in [1.54, 1.807) is 35.0 Å². The van der Waals surface area contributed by atoms with E-state index in [2.05, 4.69) is 5.32 Å². The highest BCUT2D eigenvalue weighted by Gasteiger charge is 2.33. The number of nitrogens with one attached hydrogen (secondary N) is 1. The lowest BCUT2D eigenvalue weighted by molar-refractivity contribution is -0.133. The quantitative estimate of drug-likeness (QED) is 0.742. The number of nitrogens with zero attached hydrogens (tertiary/aromatic N) is 2. The van der Waals surface area contributed by atoms with Gasteiger partial charge in [0.25, 0.3) is 0 Å². The molecule has 0 aromatic heterocycles. The number of rotatable bonds is 8. The van der Waals surface area contributed by atoms with E-state index in [1.165, 1.54) is 6.07 Å². The zero-order valence-electron chi connectivity index (χ0n) is 17.2. The molecule has 1 aliphatic carbocycles. The SMILES string of the molecule is Cc1cccc(NC(=O)CN(C)CC(=O)N(Cc2ccccc2F)C2CC2)c1C. The van der Waals surface area contributed by atoms with Gasteiger partial charge in [-0.3, -0.25) is 14.5 Å². The van der Waals surface area contributed by atoms with Gasteiger partial charge in [0.2, 0.25) is 11.8 Å². The maximum Gasteiger partial charge on any atom is 0.238 e. The van der Waals surface area contributed by atoms with E-state index in [9.17, 15) is 14.0 Å². The van der Waals surface area contributed by atoms with Gasteiger partial charge in [0, 0.05) is 23.8 Å². The molecule has 2 aromatic carbocycles. The Morgan fingerprint density at radius 2 is 1.79 bits per heavy atom. The summed E-state index contributed by atoms with van der Waals surface area (Å²) in [6.45, 7) is 4.45. The minimum atomic E-state index is -0.299. The Kier molecular flexibility index (Phi) is 6.64. The summed E-state index contributed by atoms with van der Waals surface area (Å²) in [4.78, 5) is 28.6. The van der Waals surface area contributed by atoms with Gasteiger partial charge in [0.15, 0.2) is 0 Å². The number of likely N-dealkylation sites (N-methyl/N-ethyl adjacent to an activating group) is 1. The number of carbonyl (C=O) groups is 2. The van der Waals surface area contributed by atoms with Crippen molar-refractivity contribution in [3.63, 3.8) is 0 Å². The highest BCUT2D eigenvalue weighted by atomic mass is 19.1. The van der Waals surface area contributed by atoms with Gasteiger partial charge in [-0.25, -0.2) is 4.39 Å². The zero-order valence-corrected chi connectivity index (χ0v) is 17.2. The maximum absolute atomic E-state index is 14.0. The third-order valence-electron chi connectivity index (χ3n) is 5.30. The van der Waals surface area contributed by atoms with Crippen LogP contribution in [0.15, 0.2) is 42.5 Å². The van der Waals surface area contributed by atoms with E-state index >= 15 is 0 Å². The second kappa shape index (κ2) is 9.18. The van der Waals surface area contributed by atoms with Crippen LogP contribution in [0.3, 0.4) is 0 Å². The summed E-state index contributed by atoms with van der Waals surface area (Å²) in [5, 5.41) is 2.91. The number of carbonyl (C=O) groups excluding carboxylic acids is 2. The first kappa shape index (κ1) is 21.0. The molecule has 1 aliphatic rings. The molecule has 0 heterocycles. The van der Waals surface area contributed by atoms with E-state index in [0.29, 0.717) is 5.56 Å². The van der Waals surface area contributed by atoms with Crippen LogP contribution in [0.1, 0.15) is 29.5 Å². The topological polar surface area (TPSA) is 52.7 Å². The number of hydrogen-bond acceptors (Lipinski definition) is 3. The van der Waals surface area contributed by atoms with Crippen molar-refractivity contribution >= 4 is 17.5 Å². The van der Waals surface area contributed by atoms with Gasteiger partial charge in [0.05, 0.1) is 13.1 Å². The lowest BCUT2D eigenvalue weighted by Gasteiger charge is -2.25. The Morgan fingerprint density at radius 1 is 1.07 bits per heavy atom. The van der Waals surface area contributed by atoms with E-state index in [0.717, 1.165) is 29.7 Å². The van der Waals surface area contributed by atoms with E-state index in [4.69, 9.17) is 0 Å². The van der Waals surface area contributed by atoms with E-state index in [-0.39, 0.29) is 43.3 Å². The molecule has 0 radical (unpaired) electrons. The molecule has 2 amide bonds. The first-order chi connectivity index (χ1) is 13.8. The number of halogens is 1. The molecule has 0 saturated heterocycles. The number of hydrogen-bond donors (Lipinski definition) is 1. The van der Waals surface area contributed by atoms with Crippen LogP contribution in [-0.2, 0) is 16.1 Å². The molecule has 6 heteroatoms. The van der Waals surface area contributed by atoms with Crippen molar-refractivity contribution in [3.05, 3.63) is 65.0 Å². The van der Waals surface area contributed by atoms with Crippen molar-refractivity contribution < 1.29 is 14.0 Å². The molecule has 1 saturated carbocycles. The predicted molar refractivity (Wildman–Crippen MR) is 112 cm³/mol. The normalized spacial score (nSPS) is 13.4. The van der Waals surface area contributed by atoms with Crippen molar-refractivity contribution in [2.45, 2.75) is 39.3 Å². The fourth-order valence-electron chi connectivity index (χ4n) is 3.32. The molecule has 29 heavy (non-hydrogen) atoms. The van der Waals surface area contributed by atoms with Crippen molar-refractivity contribution in [1.82, 2.24) is 9.80 Å². The summed E-state index contributed by atoms with van der Waals surface area (Å²) < 4.78 is 14.0. The summed E-state index contributed by atoms with van der Waals surface area (Å²) in [5.41, 5.74) is 3.45. The second-order valence-corrected chi connectivity index (χ2v) is 7.81. The molecule has 0 bridgehead atoms. The third kappa shape index (κ3) is 5.64. The van der Waals surface area contributed by atoms with Crippen molar-refractivity contribution in [2.75, 3.05) is 25.5 Å². The average molecular weight is 397 g/mol. The Labute approximate surface area is 171 Å². The summed E-state index contributed by atoms with van der Waals surface area (Å²) in [7, 11) is 1.74. The van der Waals surface area contributed by atoms with E-state index in [1.807, 2.05) is 32.0 Å². The summed E-state index contributed by atoms with van der Waals surface area (Å²) in [6.07, 6.45) is 1.88. The molecule has 0 atom stereocenters. The van der Waals surface area contributed by atoms with Crippen LogP contribution in [0.5, 0.6) is 0 Å². The average Bonchev–Trinajstić information content (AvgIpc) is 3.49. The predicted octanol–water partition coefficient (Wildman–Crippen LogP) is 3.50. The summed E-state index contributed by atoms with van der Waals surface area (Å²) in [6, 6.07) is 12.5. The fraction of sp³-hybridized carbons (Fsp3) is 0.391. The fourth-order valence-corrected chi connectivity index (χ4v) is 3.32. The molecule has 1 fully saturated rings. The summed E-state index contributed by atoms with van der Waals surface area (Å²) >= 11 is 0. The van der Waals surface area contributed by atoms with Crippen molar-refractivity contribution in [3.8, 4) is 0 Å². The Morgan fingerprint density at radius 3 is 2.48 bits per heavy atom. The number of aryl methyl sites for hydroxylation is 1. The first-order valence-electron chi connectivity index (χ1n) is 9.92. The summed E-state index contributed by atoms with van der Waals surface area (Å²) in [5.74, 6) is -0.550. The number of amides is 2. The lowest BCUT2D eigenvalue weighted by atomic mass is 10.1. The van der Waals surface area contributed by atoms with Crippen LogP contribution in [0.25, 0.3) is 0 Å². The Bertz CT molecular complexity index is 895. The molecule has 3 rings (SSSR count). The molecular formula is C23H28FN3O2. The molecule has 5 nitrogen and oxygen atoms in total. The van der Waals surface area contributed by atoms with Crippen LogP contribution in [-0.4, -0.2) is 47.8 Å². The van der Waals surface area contributed by atoms with Crippen LogP contribution >= 0.6 is 0 Å². The minimum Gasteiger partial charge on any atom is -0.334 e.